The highest BCUT2D eigenvalue weighted by Crippen LogP contribution is 2.26. The lowest BCUT2D eigenvalue weighted by molar-refractivity contribution is -0.137. The van der Waals surface area contributed by atoms with E-state index in [0.29, 0.717) is 37.0 Å². The predicted molar refractivity (Wildman–Crippen MR) is 88.4 cm³/mol. The van der Waals surface area contributed by atoms with E-state index in [9.17, 15) is 14.4 Å². The van der Waals surface area contributed by atoms with Gasteiger partial charge in [0.15, 0.2) is 6.61 Å². The zero-order valence-electron chi connectivity index (χ0n) is 12.8. The van der Waals surface area contributed by atoms with Crippen LogP contribution in [0.15, 0.2) is 29.2 Å². The predicted octanol–water partition coefficient (Wildman–Crippen LogP) is 1.25. The number of nitrogens with zero attached hydrogens (tertiary/aromatic N) is 1. The Hall–Kier alpha value is -2.32. The molecule has 8 heteroatoms. The number of imide groups is 1. The molecule has 0 radical (unpaired) electrons. The van der Waals surface area contributed by atoms with E-state index in [0.717, 1.165) is 17.3 Å². The maximum absolute atomic E-state index is 12.0. The zero-order chi connectivity index (χ0) is 16.9. The highest BCUT2D eigenvalue weighted by molar-refractivity contribution is 8.18. The maximum Gasteiger partial charge on any atom is 0.290 e. The molecule has 3 rings (SSSR count). The molecule has 2 fully saturated rings. The van der Waals surface area contributed by atoms with Gasteiger partial charge in [0.1, 0.15) is 5.75 Å². The lowest BCUT2D eigenvalue weighted by Gasteiger charge is -2.26. The molecule has 0 unspecified atom stereocenters. The average Bonchev–Trinajstić information content (AvgIpc) is 2.92. The Morgan fingerprint density at radius 1 is 1.25 bits per heavy atom. The number of carbonyl (C=O) groups excluding carboxylic acids is 3. The van der Waals surface area contributed by atoms with Crippen molar-refractivity contribution in [3.05, 3.63) is 34.7 Å². The standard InChI is InChI=1S/C16H16N2O5S/c19-14(18-5-7-22-8-6-18)10-23-12-3-1-11(2-4-12)9-13-15(20)17-16(21)24-13/h1-4,9H,5-8,10H2,(H,17,20,21)/b13-9+. The van der Waals surface area contributed by atoms with Gasteiger partial charge in [-0.15, -0.1) is 0 Å². The first-order valence-electron chi connectivity index (χ1n) is 7.45. The molecule has 0 bridgehead atoms. The molecular formula is C16H16N2O5S. The van der Waals surface area contributed by atoms with E-state index < -0.39 is 0 Å². The molecule has 1 N–H and O–H groups in total. The molecule has 7 nitrogen and oxygen atoms in total. The Morgan fingerprint density at radius 2 is 1.96 bits per heavy atom. The molecule has 126 valence electrons. The molecule has 0 spiro atoms. The third-order valence-electron chi connectivity index (χ3n) is 3.55. The monoisotopic (exact) mass is 348 g/mol. The highest BCUT2D eigenvalue weighted by atomic mass is 32.2. The number of amides is 3. The van der Waals surface area contributed by atoms with Gasteiger partial charge in [0, 0.05) is 13.1 Å². The van der Waals surface area contributed by atoms with Gasteiger partial charge >= 0.3 is 0 Å². The van der Waals surface area contributed by atoms with E-state index >= 15 is 0 Å². The molecule has 0 saturated carbocycles. The van der Waals surface area contributed by atoms with Crippen molar-refractivity contribution in [3.63, 3.8) is 0 Å². The largest absolute Gasteiger partial charge is 0.484 e. The first kappa shape index (κ1) is 16.5. The fraction of sp³-hybridized carbons (Fsp3) is 0.312. The number of ether oxygens (including phenoxy) is 2. The van der Waals surface area contributed by atoms with Crippen LogP contribution in [0.1, 0.15) is 5.56 Å². The van der Waals surface area contributed by atoms with E-state index in [1.807, 2.05) is 0 Å². The van der Waals surface area contributed by atoms with Crippen molar-refractivity contribution >= 4 is 34.9 Å². The van der Waals surface area contributed by atoms with Gasteiger partial charge in [-0.05, 0) is 35.5 Å². The lowest BCUT2D eigenvalue weighted by Crippen LogP contribution is -2.42. The molecule has 1 aromatic rings. The van der Waals surface area contributed by atoms with Crippen LogP contribution in [-0.4, -0.2) is 54.9 Å². The summed E-state index contributed by atoms with van der Waals surface area (Å²) < 4.78 is 10.7. The van der Waals surface area contributed by atoms with Crippen LogP contribution < -0.4 is 10.1 Å². The molecule has 2 aliphatic rings. The van der Waals surface area contributed by atoms with Crippen molar-refractivity contribution in [1.82, 2.24) is 10.2 Å². The summed E-state index contributed by atoms with van der Waals surface area (Å²) in [4.78, 5) is 36.7. The van der Waals surface area contributed by atoms with Crippen molar-refractivity contribution in [3.8, 4) is 5.75 Å². The minimum Gasteiger partial charge on any atom is -0.484 e. The maximum atomic E-state index is 12.0. The van der Waals surface area contributed by atoms with E-state index in [2.05, 4.69) is 5.32 Å². The lowest BCUT2D eigenvalue weighted by atomic mass is 10.2. The van der Waals surface area contributed by atoms with E-state index in [1.165, 1.54) is 0 Å². The third-order valence-corrected chi connectivity index (χ3v) is 4.36. The van der Waals surface area contributed by atoms with Crippen molar-refractivity contribution in [2.45, 2.75) is 0 Å². The van der Waals surface area contributed by atoms with Gasteiger partial charge in [-0.25, -0.2) is 0 Å². The van der Waals surface area contributed by atoms with Gasteiger partial charge in [0.05, 0.1) is 18.1 Å². The second-order valence-corrected chi connectivity index (χ2v) is 6.22. The number of nitrogens with one attached hydrogen (secondary N) is 1. The smallest absolute Gasteiger partial charge is 0.290 e. The van der Waals surface area contributed by atoms with Crippen molar-refractivity contribution in [1.29, 1.82) is 0 Å². The first-order valence-corrected chi connectivity index (χ1v) is 8.27. The first-order chi connectivity index (χ1) is 11.6. The van der Waals surface area contributed by atoms with Gasteiger partial charge in [0.2, 0.25) is 0 Å². The molecule has 0 aliphatic carbocycles. The van der Waals surface area contributed by atoms with Gasteiger partial charge in [-0.3, -0.25) is 19.7 Å². The molecule has 0 atom stereocenters. The van der Waals surface area contributed by atoms with Crippen LogP contribution in [0.3, 0.4) is 0 Å². The Kier molecular flexibility index (Phi) is 5.17. The minimum atomic E-state index is -0.388. The molecule has 3 amide bonds. The molecule has 0 aromatic heterocycles. The summed E-state index contributed by atoms with van der Waals surface area (Å²) in [7, 11) is 0. The summed E-state index contributed by atoms with van der Waals surface area (Å²) in [5, 5.41) is 1.84. The van der Waals surface area contributed by atoms with E-state index in [-0.39, 0.29) is 23.7 Å². The topological polar surface area (TPSA) is 84.9 Å². The molecule has 1 aromatic carbocycles. The third kappa shape index (κ3) is 4.15. The number of benzene rings is 1. The van der Waals surface area contributed by atoms with E-state index in [1.54, 1.807) is 35.2 Å². The Balaban J connectivity index is 1.55. The minimum absolute atomic E-state index is 0.0206. The van der Waals surface area contributed by atoms with Crippen LogP contribution in [0.5, 0.6) is 5.75 Å². The van der Waals surface area contributed by atoms with Crippen LogP contribution in [-0.2, 0) is 14.3 Å². The van der Waals surface area contributed by atoms with Crippen molar-refractivity contribution < 1.29 is 23.9 Å². The average molecular weight is 348 g/mol. The Labute approximate surface area is 143 Å². The van der Waals surface area contributed by atoms with Gasteiger partial charge in [0.25, 0.3) is 17.1 Å². The number of carbonyl (C=O) groups is 3. The van der Waals surface area contributed by atoms with Gasteiger partial charge in [-0.1, -0.05) is 12.1 Å². The van der Waals surface area contributed by atoms with Crippen LogP contribution >= 0.6 is 11.8 Å². The number of hydrogen-bond acceptors (Lipinski definition) is 6. The fourth-order valence-electron chi connectivity index (χ4n) is 2.28. The SMILES string of the molecule is O=C1NC(=O)/C(=C\c2ccc(OCC(=O)N3CCOCC3)cc2)S1. The van der Waals surface area contributed by atoms with Crippen LogP contribution in [0.2, 0.25) is 0 Å². The molecule has 2 saturated heterocycles. The molecular weight excluding hydrogens is 332 g/mol. The number of hydrogen-bond donors (Lipinski definition) is 1. The summed E-state index contributed by atoms with van der Waals surface area (Å²) in [6.45, 7) is 2.28. The van der Waals surface area contributed by atoms with Crippen LogP contribution in [0, 0.1) is 0 Å². The Morgan fingerprint density at radius 3 is 2.58 bits per heavy atom. The molecule has 24 heavy (non-hydrogen) atoms. The zero-order valence-corrected chi connectivity index (χ0v) is 13.6. The number of rotatable bonds is 4. The normalized spacial score (nSPS) is 19.5. The number of thioether (sulfide) groups is 1. The van der Waals surface area contributed by atoms with E-state index in [4.69, 9.17) is 9.47 Å². The Bertz CT molecular complexity index is 680. The summed E-state index contributed by atoms with van der Waals surface area (Å²) in [6, 6.07) is 6.97. The quantitative estimate of drug-likeness (QED) is 0.825. The molecule has 2 heterocycles. The molecule has 2 aliphatic heterocycles. The summed E-state index contributed by atoms with van der Waals surface area (Å²) in [6.07, 6.45) is 1.63. The van der Waals surface area contributed by atoms with Crippen LogP contribution in [0.4, 0.5) is 4.79 Å². The van der Waals surface area contributed by atoms with Crippen LogP contribution in [0.25, 0.3) is 6.08 Å². The van der Waals surface area contributed by atoms with Crippen molar-refractivity contribution in [2.24, 2.45) is 0 Å². The second-order valence-electron chi connectivity index (χ2n) is 5.20. The van der Waals surface area contributed by atoms with Gasteiger partial charge in [-0.2, -0.15) is 0 Å². The summed E-state index contributed by atoms with van der Waals surface area (Å²) in [5.74, 6) is 0.113. The summed E-state index contributed by atoms with van der Waals surface area (Å²) >= 11 is 0.873. The number of morpholine rings is 1. The fourth-order valence-corrected chi connectivity index (χ4v) is 2.96. The highest BCUT2D eigenvalue weighted by Gasteiger charge is 2.24. The second kappa shape index (κ2) is 7.50. The summed E-state index contributed by atoms with van der Waals surface area (Å²) in [5.41, 5.74) is 0.772. The van der Waals surface area contributed by atoms with Crippen molar-refractivity contribution in [2.75, 3.05) is 32.9 Å². The van der Waals surface area contributed by atoms with Gasteiger partial charge < -0.3 is 14.4 Å².